The first-order chi connectivity index (χ1) is 11.6. The van der Waals surface area contributed by atoms with Crippen LogP contribution in [-0.4, -0.2) is 59.8 Å². The Morgan fingerprint density at radius 1 is 1.42 bits per heavy atom. The molecule has 1 saturated heterocycles. The topological polar surface area (TPSA) is 76.5 Å². The van der Waals surface area contributed by atoms with Crippen LogP contribution in [0.25, 0.3) is 10.2 Å². The second-order valence-electron chi connectivity index (χ2n) is 5.96. The summed E-state index contributed by atoms with van der Waals surface area (Å²) in [5.74, 6) is -0.125. The number of fused-ring (bicyclic) bond motifs is 1. The molecule has 2 aromatic rings. The smallest absolute Gasteiger partial charge is 0.262 e. The number of nitrogens with one attached hydrogen (secondary N) is 1. The number of rotatable bonds is 5. The second-order valence-corrected chi connectivity index (χ2v) is 6.96. The largest absolute Gasteiger partial charge is 0.379 e. The molecule has 0 aliphatic carbocycles. The van der Waals surface area contributed by atoms with E-state index >= 15 is 0 Å². The summed E-state index contributed by atoms with van der Waals surface area (Å²) in [5.41, 5.74) is 0.606. The predicted octanol–water partition coefficient (Wildman–Crippen LogP) is 0.756. The fourth-order valence-electron chi connectivity index (χ4n) is 2.84. The van der Waals surface area contributed by atoms with Gasteiger partial charge in [-0.15, -0.1) is 11.3 Å². The zero-order valence-corrected chi connectivity index (χ0v) is 14.8. The van der Waals surface area contributed by atoms with Gasteiger partial charge in [-0.3, -0.25) is 14.5 Å². The van der Waals surface area contributed by atoms with Crippen LogP contribution in [0.4, 0.5) is 0 Å². The van der Waals surface area contributed by atoms with E-state index in [1.54, 1.807) is 7.05 Å². The molecule has 1 aliphatic heterocycles. The van der Waals surface area contributed by atoms with E-state index in [4.69, 9.17) is 4.74 Å². The third-order valence-corrected chi connectivity index (χ3v) is 5.46. The molecular weight excluding hydrogens is 328 g/mol. The molecule has 24 heavy (non-hydrogen) atoms. The van der Waals surface area contributed by atoms with Crippen molar-refractivity contribution in [2.24, 2.45) is 7.05 Å². The van der Waals surface area contributed by atoms with Crippen molar-refractivity contribution in [1.82, 2.24) is 19.8 Å². The first-order valence-corrected chi connectivity index (χ1v) is 8.92. The molecule has 3 heterocycles. The third kappa shape index (κ3) is 3.50. The van der Waals surface area contributed by atoms with E-state index in [2.05, 4.69) is 15.2 Å². The minimum Gasteiger partial charge on any atom is -0.379 e. The van der Waals surface area contributed by atoms with Crippen LogP contribution < -0.4 is 10.9 Å². The molecule has 0 radical (unpaired) electrons. The Hall–Kier alpha value is -1.77. The fraction of sp³-hybridized carbons (Fsp3) is 0.562. The van der Waals surface area contributed by atoms with Crippen molar-refractivity contribution in [3.63, 3.8) is 0 Å². The molecule has 0 atom stereocenters. The standard InChI is InChI=1S/C16H22N4O3S/c1-11-12-15(18-10-19(2)16(12)22)24-13(11)14(21)17-4-3-5-20-6-8-23-9-7-20/h10H,3-9H2,1-2H3,(H,17,21). The quantitative estimate of drug-likeness (QED) is 0.806. The van der Waals surface area contributed by atoms with Crippen molar-refractivity contribution >= 4 is 27.5 Å². The van der Waals surface area contributed by atoms with E-state index in [1.807, 2.05) is 6.92 Å². The summed E-state index contributed by atoms with van der Waals surface area (Å²) in [6, 6.07) is 0. The number of morpholine rings is 1. The average Bonchev–Trinajstić information content (AvgIpc) is 2.93. The molecule has 3 rings (SSSR count). The fourth-order valence-corrected chi connectivity index (χ4v) is 3.89. The average molecular weight is 350 g/mol. The third-order valence-electron chi connectivity index (χ3n) is 4.26. The van der Waals surface area contributed by atoms with Crippen molar-refractivity contribution in [3.05, 3.63) is 27.1 Å². The summed E-state index contributed by atoms with van der Waals surface area (Å²) >= 11 is 1.28. The molecule has 0 spiro atoms. The lowest BCUT2D eigenvalue weighted by atomic mass is 10.2. The maximum absolute atomic E-state index is 12.4. The first-order valence-electron chi connectivity index (χ1n) is 8.11. The normalized spacial score (nSPS) is 15.8. The van der Waals surface area contributed by atoms with Crippen molar-refractivity contribution < 1.29 is 9.53 Å². The Bertz CT molecular complexity index is 792. The van der Waals surface area contributed by atoms with Gasteiger partial charge in [-0.05, 0) is 25.5 Å². The number of amides is 1. The number of aromatic nitrogens is 2. The van der Waals surface area contributed by atoms with Gasteiger partial charge in [-0.1, -0.05) is 0 Å². The van der Waals surface area contributed by atoms with E-state index in [0.29, 0.717) is 21.6 Å². The summed E-state index contributed by atoms with van der Waals surface area (Å²) < 4.78 is 6.76. The SMILES string of the molecule is Cc1c(C(=O)NCCCN2CCOCC2)sc2ncn(C)c(=O)c12. The Morgan fingerprint density at radius 3 is 2.92 bits per heavy atom. The second kappa shape index (κ2) is 7.42. The lowest BCUT2D eigenvalue weighted by Crippen LogP contribution is -2.38. The number of hydrogen-bond acceptors (Lipinski definition) is 6. The van der Waals surface area contributed by atoms with Crippen molar-refractivity contribution in [2.75, 3.05) is 39.4 Å². The van der Waals surface area contributed by atoms with E-state index in [-0.39, 0.29) is 11.5 Å². The number of hydrogen-bond donors (Lipinski definition) is 1. The number of carbonyl (C=O) groups excluding carboxylic acids is 1. The van der Waals surface area contributed by atoms with E-state index < -0.39 is 0 Å². The Kier molecular flexibility index (Phi) is 5.27. The summed E-state index contributed by atoms with van der Waals surface area (Å²) in [6.45, 7) is 6.87. The molecule has 8 heteroatoms. The molecule has 0 unspecified atom stereocenters. The van der Waals surface area contributed by atoms with Gasteiger partial charge in [0.1, 0.15) is 4.83 Å². The summed E-state index contributed by atoms with van der Waals surface area (Å²) in [6.07, 6.45) is 2.39. The zero-order valence-electron chi connectivity index (χ0n) is 14.0. The van der Waals surface area contributed by atoms with Gasteiger partial charge in [-0.2, -0.15) is 0 Å². The molecule has 1 fully saturated rings. The molecule has 0 aromatic carbocycles. The number of carbonyl (C=O) groups is 1. The van der Waals surface area contributed by atoms with Crippen molar-refractivity contribution in [3.8, 4) is 0 Å². The Morgan fingerprint density at radius 2 is 2.17 bits per heavy atom. The van der Waals surface area contributed by atoms with E-state index in [1.165, 1.54) is 22.2 Å². The van der Waals surface area contributed by atoms with Gasteiger partial charge < -0.3 is 14.6 Å². The summed E-state index contributed by atoms with van der Waals surface area (Å²) in [4.78, 5) is 32.4. The van der Waals surface area contributed by atoms with Crippen LogP contribution in [0, 0.1) is 6.92 Å². The molecule has 1 aliphatic rings. The highest BCUT2D eigenvalue weighted by Crippen LogP contribution is 2.26. The number of nitrogens with zero attached hydrogens (tertiary/aromatic N) is 3. The molecule has 2 aromatic heterocycles. The number of aryl methyl sites for hydroxylation is 2. The number of thiophene rings is 1. The lowest BCUT2D eigenvalue weighted by molar-refractivity contribution is 0.0374. The van der Waals surface area contributed by atoms with Gasteiger partial charge in [0.25, 0.3) is 11.5 Å². The highest BCUT2D eigenvalue weighted by atomic mass is 32.1. The minimum atomic E-state index is -0.125. The van der Waals surface area contributed by atoms with Gasteiger partial charge >= 0.3 is 0 Å². The van der Waals surface area contributed by atoms with Crippen LogP contribution in [0.2, 0.25) is 0 Å². The van der Waals surface area contributed by atoms with Gasteiger partial charge in [0.05, 0.1) is 29.8 Å². The minimum absolute atomic E-state index is 0.111. The van der Waals surface area contributed by atoms with Crippen LogP contribution in [0.15, 0.2) is 11.1 Å². The number of ether oxygens (including phenoxy) is 1. The van der Waals surface area contributed by atoms with Crippen LogP contribution >= 0.6 is 11.3 Å². The van der Waals surface area contributed by atoms with Crippen LogP contribution in [0.1, 0.15) is 21.7 Å². The first kappa shape index (κ1) is 17.1. The monoisotopic (exact) mass is 350 g/mol. The molecule has 0 saturated carbocycles. The molecule has 1 amide bonds. The molecule has 1 N–H and O–H groups in total. The zero-order chi connectivity index (χ0) is 17.1. The summed E-state index contributed by atoms with van der Waals surface area (Å²) in [5, 5.41) is 3.50. The molecule has 7 nitrogen and oxygen atoms in total. The van der Waals surface area contributed by atoms with Crippen molar-refractivity contribution in [2.45, 2.75) is 13.3 Å². The van der Waals surface area contributed by atoms with Crippen LogP contribution in [0.5, 0.6) is 0 Å². The van der Waals surface area contributed by atoms with Gasteiger partial charge in [-0.25, -0.2) is 4.98 Å². The summed E-state index contributed by atoms with van der Waals surface area (Å²) in [7, 11) is 1.66. The highest BCUT2D eigenvalue weighted by molar-refractivity contribution is 7.20. The Balaban J connectivity index is 1.61. The van der Waals surface area contributed by atoms with Crippen LogP contribution in [-0.2, 0) is 11.8 Å². The molecule has 0 bridgehead atoms. The van der Waals surface area contributed by atoms with Gasteiger partial charge in [0, 0.05) is 26.7 Å². The van der Waals surface area contributed by atoms with Gasteiger partial charge in [0.15, 0.2) is 0 Å². The van der Waals surface area contributed by atoms with Gasteiger partial charge in [0.2, 0.25) is 0 Å². The molecule has 130 valence electrons. The maximum atomic E-state index is 12.4. The lowest BCUT2D eigenvalue weighted by Gasteiger charge is -2.26. The Labute approximate surface area is 144 Å². The van der Waals surface area contributed by atoms with Crippen molar-refractivity contribution in [1.29, 1.82) is 0 Å². The van der Waals surface area contributed by atoms with E-state index in [9.17, 15) is 9.59 Å². The molecular formula is C16H22N4O3S. The van der Waals surface area contributed by atoms with Crippen LogP contribution in [0.3, 0.4) is 0 Å². The maximum Gasteiger partial charge on any atom is 0.262 e. The highest BCUT2D eigenvalue weighted by Gasteiger charge is 2.18. The predicted molar refractivity (Wildman–Crippen MR) is 93.8 cm³/mol. The van der Waals surface area contributed by atoms with E-state index in [0.717, 1.165) is 44.8 Å².